The second-order valence-corrected chi connectivity index (χ2v) is 1.95. The second-order valence-electron chi connectivity index (χ2n) is 1.95. The molecule has 3 nitrogen and oxygen atoms in total. The number of hydrogen-bond donors (Lipinski definition) is 0. The van der Waals surface area contributed by atoms with Gasteiger partial charge in [0, 0.05) is 0 Å². The van der Waals surface area contributed by atoms with Crippen molar-refractivity contribution in [3.8, 4) is 0 Å². The molecular weight excluding hydrogens is 156 g/mol. The van der Waals surface area contributed by atoms with Crippen LogP contribution in [-0.2, 0) is 4.74 Å². The Labute approximate surface area is 69.9 Å². The molecule has 0 aliphatic rings. The van der Waals surface area contributed by atoms with Gasteiger partial charge in [0.1, 0.15) is 0 Å². The molecule has 0 N–H and O–H groups in total. The fourth-order valence-corrected chi connectivity index (χ4v) is 0.609. The van der Waals surface area contributed by atoms with Gasteiger partial charge in [-0.25, -0.2) is 4.79 Å². The molecule has 0 radical (unpaired) electrons. The topological polar surface area (TPSA) is 39.4 Å². The highest BCUT2D eigenvalue weighted by Gasteiger charge is 2.06. The maximum Gasteiger partial charge on any atom is 0.379 e. The molecule has 0 aliphatic carbocycles. The fraction of sp³-hybridized carbons (Fsp3) is 0. The molecule has 12 heavy (non-hydrogen) atoms. The number of esters is 1. The Morgan fingerprint density at radius 3 is 3.08 bits per heavy atom. The zero-order valence-electron chi connectivity index (χ0n) is 6.40. The zero-order valence-corrected chi connectivity index (χ0v) is 6.40. The maximum atomic E-state index is 11.0. The van der Waals surface area contributed by atoms with Gasteiger partial charge in [0.05, 0.1) is 12.5 Å². The molecule has 1 aromatic rings. The molecule has 1 rings (SSSR count). The van der Waals surface area contributed by atoms with Crippen molar-refractivity contribution in [3.63, 3.8) is 0 Å². The van der Waals surface area contributed by atoms with E-state index in [2.05, 4.69) is 11.3 Å². The summed E-state index contributed by atoms with van der Waals surface area (Å²) in [5.74, 6) is -0.332. The van der Waals surface area contributed by atoms with Crippen molar-refractivity contribution in [2.45, 2.75) is 0 Å². The summed E-state index contributed by atoms with van der Waals surface area (Å²) >= 11 is 0. The third kappa shape index (κ3) is 2.12. The highest BCUT2D eigenvalue weighted by molar-refractivity contribution is 5.86. The number of hydrogen-bond acceptors (Lipinski definition) is 3. The Bertz CT molecular complexity index is 283. The zero-order chi connectivity index (χ0) is 8.81. The number of carbonyl (C=O) groups excluding carboxylic acids is 1. The lowest BCUT2D eigenvalue weighted by atomic mass is 10.5. The van der Waals surface area contributed by atoms with E-state index in [0.717, 1.165) is 0 Å². The van der Waals surface area contributed by atoms with Gasteiger partial charge in [-0.2, -0.15) is 0 Å². The molecule has 0 spiro atoms. The van der Waals surface area contributed by atoms with E-state index < -0.39 is 5.97 Å². The summed E-state index contributed by atoms with van der Waals surface area (Å²) in [7, 11) is 0. The largest absolute Gasteiger partial charge is 0.457 e. The summed E-state index contributed by atoms with van der Waals surface area (Å²) < 4.78 is 9.43. The van der Waals surface area contributed by atoms with Crippen molar-refractivity contribution in [1.82, 2.24) is 0 Å². The maximum absolute atomic E-state index is 11.0. The molecule has 0 saturated carbocycles. The quantitative estimate of drug-likeness (QED) is 0.390. The highest BCUT2D eigenvalue weighted by Crippen LogP contribution is 2.01. The Balaban J connectivity index is 2.50. The van der Waals surface area contributed by atoms with Crippen molar-refractivity contribution >= 4 is 5.97 Å². The van der Waals surface area contributed by atoms with Crippen molar-refractivity contribution in [1.29, 1.82) is 0 Å². The van der Waals surface area contributed by atoms with Crippen LogP contribution in [0, 0.1) is 0 Å². The SMILES string of the molecule is C=CC=COC(=O)c1ccco1. The lowest BCUT2D eigenvalue weighted by Gasteiger charge is -1.92. The van der Waals surface area contributed by atoms with E-state index in [4.69, 9.17) is 4.42 Å². The summed E-state index contributed by atoms with van der Waals surface area (Å²) in [5.41, 5.74) is 0. The van der Waals surface area contributed by atoms with E-state index in [0.29, 0.717) is 0 Å². The van der Waals surface area contributed by atoms with E-state index in [-0.39, 0.29) is 5.76 Å². The van der Waals surface area contributed by atoms with Gasteiger partial charge < -0.3 is 9.15 Å². The van der Waals surface area contributed by atoms with E-state index >= 15 is 0 Å². The highest BCUT2D eigenvalue weighted by atomic mass is 16.5. The molecule has 0 bridgehead atoms. The average molecular weight is 164 g/mol. The molecule has 3 heteroatoms. The summed E-state index contributed by atoms with van der Waals surface area (Å²) in [6, 6.07) is 3.15. The van der Waals surface area contributed by atoms with Gasteiger partial charge in [-0.3, -0.25) is 0 Å². The molecule has 0 amide bonds. The van der Waals surface area contributed by atoms with Crippen molar-refractivity contribution in [2.75, 3.05) is 0 Å². The summed E-state index contributed by atoms with van der Waals surface area (Å²) in [6.45, 7) is 3.42. The standard InChI is InChI=1S/C9H8O3/c1-2-3-6-12-9(10)8-5-4-7-11-8/h2-7H,1H2. The van der Waals surface area contributed by atoms with Crippen LogP contribution in [0.4, 0.5) is 0 Å². The first-order chi connectivity index (χ1) is 5.84. The van der Waals surface area contributed by atoms with E-state index in [1.54, 1.807) is 6.07 Å². The Kier molecular flexibility index (Phi) is 2.90. The lowest BCUT2D eigenvalue weighted by molar-refractivity contribution is 0.0628. The molecule has 0 aliphatic heterocycles. The number of allylic oxidation sites excluding steroid dienone is 2. The first-order valence-corrected chi connectivity index (χ1v) is 3.36. The molecule has 1 heterocycles. The number of furan rings is 1. The normalized spacial score (nSPS) is 10.0. The van der Waals surface area contributed by atoms with Gasteiger partial charge in [-0.15, -0.1) is 0 Å². The Morgan fingerprint density at radius 2 is 2.50 bits per heavy atom. The van der Waals surface area contributed by atoms with Gasteiger partial charge in [0.25, 0.3) is 0 Å². The van der Waals surface area contributed by atoms with Crippen LogP contribution >= 0.6 is 0 Å². The Morgan fingerprint density at radius 1 is 1.67 bits per heavy atom. The third-order valence-electron chi connectivity index (χ3n) is 1.11. The monoisotopic (exact) mass is 164 g/mol. The van der Waals surface area contributed by atoms with Crippen LogP contribution < -0.4 is 0 Å². The van der Waals surface area contributed by atoms with Crippen molar-refractivity contribution in [3.05, 3.63) is 49.1 Å². The molecule has 62 valence electrons. The van der Waals surface area contributed by atoms with Crippen LogP contribution in [0.2, 0.25) is 0 Å². The minimum atomic E-state index is -0.516. The molecule has 0 unspecified atom stereocenters. The van der Waals surface area contributed by atoms with Crippen LogP contribution in [0.5, 0.6) is 0 Å². The van der Waals surface area contributed by atoms with Gasteiger partial charge >= 0.3 is 5.97 Å². The predicted octanol–water partition coefficient (Wildman–Crippen LogP) is 2.14. The summed E-state index contributed by atoms with van der Waals surface area (Å²) in [4.78, 5) is 11.0. The first-order valence-electron chi connectivity index (χ1n) is 3.36. The van der Waals surface area contributed by atoms with Crippen LogP contribution in [-0.4, -0.2) is 5.97 Å². The minimum Gasteiger partial charge on any atom is -0.457 e. The van der Waals surface area contributed by atoms with E-state index in [1.807, 2.05) is 0 Å². The van der Waals surface area contributed by atoms with Gasteiger partial charge in [0.2, 0.25) is 5.76 Å². The lowest BCUT2D eigenvalue weighted by Crippen LogP contribution is -1.97. The third-order valence-corrected chi connectivity index (χ3v) is 1.11. The van der Waals surface area contributed by atoms with Crippen molar-refractivity contribution < 1.29 is 13.9 Å². The van der Waals surface area contributed by atoms with Crippen LogP contribution in [0.25, 0.3) is 0 Å². The first kappa shape index (κ1) is 8.33. The molecule has 1 aromatic heterocycles. The molecule has 0 saturated heterocycles. The second kappa shape index (κ2) is 4.18. The van der Waals surface area contributed by atoms with Gasteiger partial charge in [-0.05, 0) is 18.2 Å². The number of ether oxygens (including phenoxy) is 1. The van der Waals surface area contributed by atoms with E-state index in [1.165, 1.54) is 30.7 Å². The number of carbonyl (C=O) groups is 1. The Hall–Kier alpha value is -1.77. The molecule has 0 fully saturated rings. The number of rotatable bonds is 3. The van der Waals surface area contributed by atoms with E-state index in [9.17, 15) is 4.79 Å². The summed E-state index contributed by atoms with van der Waals surface area (Å²) in [6.07, 6.45) is 5.68. The molecule has 0 atom stereocenters. The van der Waals surface area contributed by atoms with Gasteiger partial charge in [-0.1, -0.05) is 12.7 Å². The molecular formula is C9H8O3. The predicted molar refractivity (Wildman–Crippen MR) is 43.5 cm³/mol. The van der Waals surface area contributed by atoms with Crippen LogP contribution in [0.1, 0.15) is 10.6 Å². The average Bonchev–Trinajstić information content (AvgIpc) is 2.56. The van der Waals surface area contributed by atoms with Crippen LogP contribution in [0.3, 0.4) is 0 Å². The van der Waals surface area contributed by atoms with Gasteiger partial charge in [0.15, 0.2) is 0 Å². The van der Waals surface area contributed by atoms with Crippen LogP contribution in [0.15, 0.2) is 47.8 Å². The summed E-state index contributed by atoms with van der Waals surface area (Å²) in [5, 5.41) is 0. The smallest absolute Gasteiger partial charge is 0.379 e. The minimum absolute atomic E-state index is 0.184. The van der Waals surface area contributed by atoms with Crippen molar-refractivity contribution in [2.24, 2.45) is 0 Å². The fourth-order valence-electron chi connectivity index (χ4n) is 0.609. The molecule has 0 aromatic carbocycles.